The van der Waals surface area contributed by atoms with Gasteiger partial charge in [0.15, 0.2) is 0 Å². The summed E-state index contributed by atoms with van der Waals surface area (Å²) in [5.74, 6) is -0.803. The predicted molar refractivity (Wildman–Crippen MR) is 96.2 cm³/mol. The zero-order valence-corrected chi connectivity index (χ0v) is 15.0. The van der Waals surface area contributed by atoms with E-state index in [1.807, 2.05) is 0 Å². The summed E-state index contributed by atoms with van der Waals surface area (Å²) in [6.07, 6.45) is 0.599. The van der Waals surface area contributed by atoms with Crippen LogP contribution in [0.25, 0.3) is 0 Å². The molecule has 0 fully saturated rings. The van der Waals surface area contributed by atoms with Crippen molar-refractivity contribution < 1.29 is 14.3 Å². The van der Waals surface area contributed by atoms with E-state index in [1.54, 1.807) is 24.3 Å². The lowest BCUT2D eigenvalue weighted by Crippen LogP contribution is -2.13. The molecule has 126 valence electrons. The molecule has 0 radical (unpaired) electrons. The Morgan fingerprint density at radius 3 is 2.33 bits per heavy atom. The molecule has 0 spiro atoms. The maximum atomic E-state index is 12.1. The molecule has 2 aromatic rings. The third-order valence-corrected chi connectivity index (χ3v) is 4.36. The zero-order chi connectivity index (χ0) is 17.7. The number of esters is 1. The normalized spacial score (nSPS) is 10.3. The van der Waals surface area contributed by atoms with E-state index in [9.17, 15) is 9.59 Å². The van der Waals surface area contributed by atoms with E-state index in [-0.39, 0.29) is 22.9 Å². The Hall–Kier alpha value is -1.75. The number of carbonyl (C=O) groups is 2. The number of rotatable bonds is 5. The first-order chi connectivity index (χ1) is 11.4. The molecular formula is C17H14Cl3NO3. The van der Waals surface area contributed by atoms with Crippen molar-refractivity contribution in [2.24, 2.45) is 0 Å². The van der Waals surface area contributed by atoms with Gasteiger partial charge < -0.3 is 10.1 Å². The highest BCUT2D eigenvalue weighted by Crippen LogP contribution is 2.26. The first kappa shape index (κ1) is 18.6. The summed E-state index contributed by atoms with van der Waals surface area (Å²) in [5.41, 5.74) is 1.36. The fourth-order valence-corrected chi connectivity index (χ4v) is 2.88. The Balaban J connectivity index is 2.04. The first-order valence-electron chi connectivity index (χ1n) is 7.03. The number of halogens is 3. The zero-order valence-electron chi connectivity index (χ0n) is 12.7. The number of anilines is 1. The molecule has 0 aromatic heterocycles. The van der Waals surface area contributed by atoms with Gasteiger partial charge in [0.1, 0.15) is 0 Å². The van der Waals surface area contributed by atoms with Crippen LogP contribution in [0.4, 0.5) is 5.69 Å². The van der Waals surface area contributed by atoms with E-state index in [0.717, 1.165) is 5.56 Å². The molecule has 0 bridgehead atoms. The quantitative estimate of drug-likeness (QED) is 0.735. The summed E-state index contributed by atoms with van der Waals surface area (Å²) in [6.45, 7) is 0. The summed E-state index contributed by atoms with van der Waals surface area (Å²) in [6, 6.07) is 9.79. The number of hydrogen-bond acceptors (Lipinski definition) is 3. The lowest BCUT2D eigenvalue weighted by Gasteiger charge is -2.09. The number of ether oxygens (including phenoxy) is 1. The largest absolute Gasteiger partial charge is 0.465 e. The van der Waals surface area contributed by atoms with E-state index in [0.29, 0.717) is 22.2 Å². The number of carbonyl (C=O) groups excluding carboxylic acids is 2. The Morgan fingerprint density at radius 2 is 1.71 bits per heavy atom. The second-order valence-electron chi connectivity index (χ2n) is 4.93. The molecule has 0 heterocycles. The second-order valence-corrected chi connectivity index (χ2v) is 6.16. The van der Waals surface area contributed by atoms with Gasteiger partial charge in [-0.2, -0.15) is 0 Å². The minimum Gasteiger partial charge on any atom is -0.465 e. The van der Waals surface area contributed by atoms with E-state index in [2.05, 4.69) is 10.1 Å². The lowest BCUT2D eigenvalue weighted by atomic mass is 10.1. The van der Waals surface area contributed by atoms with E-state index >= 15 is 0 Å². The van der Waals surface area contributed by atoms with Crippen LogP contribution in [-0.4, -0.2) is 19.0 Å². The minimum absolute atomic E-state index is 0.186. The lowest BCUT2D eigenvalue weighted by molar-refractivity contribution is -0.116. The fraction of sp³-hybridized carbons (Fsp3) is 0.176. The number of hydrogen-bond donors (Lipinski definition) is 1. The number of nitrogens with one attached hydrogen (secondary N) is 1. The number of benzene rings is 2. The third kappa shape index (κ3) is 4.63. The standard InChI is InChI=1S/C17H14Cl3NO3/c1-24-17(23)12-9-10(5-7-15(12)20)21-16(22)8-6-11-13(18)3-2-4-14(11)19/h2-5,7,9H,6,8H2,1H3,(H,21,22). The first-order valence-corrected chi connectivity index (χ1v) is 8.16. The summed E-state index contributed by atoms with van der Waals surface area (Å²) in [5, 5.41) is 4.00. The van der Waals surface area contributed by atoms with Crippen molar-refractivity contribution in [3.05, 3.63) is 62.6 Å². The van der Waals surface area contributed by atoms with Gasteiger partial charge in [-0.15, -0.1) is 0 Å². The summed E-state index contributed by atoms with van der Waals surface area (Å²) in [4.78, 5) is 23.7. The van der Waals surface area contributed by atoms with Crippen molar-refractivity contribution in [2.75, 3.05) is 12.4 Å². The van der Waals surface area contributed by atoms with Crippen LogP contribution < -0.4 is 5.32 Å². The molecule has 0 atom stereocenters. The van der Waals surface area contributed by atoms with Crippen molar-refractivity contribution in [2.45, 2.75) is 12.8 Å². The second kappa shape index (κ2) is 8.38. The van der Waals surface area contributed by atoms with Gasteiger partial charge in [-0.3, -0.25) is 4.79 Å². The molecule has 0 aliphatic heterocycles. The predicted octanol–water partition coefficient (Wildman–Crippen LogP) is 5.00. The molecule has 2 rings (SSSR count). The van der Waals surface area contributed by atoms with Crippen LogP contribution in [0.1, 0.15) is 22.3 Å². The van der Waals surface area contributed by atoms with Gasteiger partial charge in [0.2, 0.25) is 5.91 Å². The Bertz CT molecular complexity index is 757. The van der Waals surface area contributed by atoms with Gasteiger partial charge in [0.05, 0.1) is 17.7 Å². The van der Waals surface area contributed by atoms with Crippen LogP contribution in [0.2, 0.25) is 15.1 Å². The molecule has 1 amide bonds. The summed E-state index contributed by atoms with van der Waals surface area (Å²) >= 11 is 18.1. The minimum atomic E-state index is -0.570. The molecule has 7 heteroatoms. The average molecular weight is 387 g/mol. The molecule has 2 aromatic carbocycles. The van der Waals surface area contributed by atoms with Crippen LogP contribution in [0.15, 0.2) is 36.4 Å². The number of methoxy groups -OCH3 is 1. The van der Waals surface area contributed by atoms with Crippen molar-refractivity contribution in [3.8, 4) is 0 Å². The smallest absolute Gasteiger partial charge is 0.339 e. The molecule has 0 aliphatic rings. The molecule has 1 N–H and O–H groups in total. The summed E-state index contributed by atoms with van der Waals surface area (Å²) < 4.78 is 4.64. The molecule has 4 nitrogen and oxygen atoms in total. The highest BCUT2D eigenvalue weighted by Gasteiger charge is 2.13. The van der Waals surface area contributed by atoms with Crippen LogP contribution in [0.5, 0.6) is 0 Å². The van der Waals surface area contributed by atoms with Gasteiger partial charge in [-0.1, -0.05) is 40.9 Å². The monoisotopic (exact) mass is 385 g/mol. The fourth-order valence-electron chi connectivity index (χ4n) is 2.10. The van der Waals surface area contributed by atoms with Crippen molar-refractivity contribution in [1.29, 1.82) is 0 Å². The molecule has 0 saturated carbocycles. The third-order valence-electron chi connectivity index (χ3n) is 3.32. The van der Waals surface area contributed by atoms with Gasteiger partial charge >= 0.3 is 5.97 Å². The molecule has 0 unspecified atom stereocenters. The topological polar surface area (TPSA) is 55.4 Å². The summed E-state index contributed by atoms with van der Waals surface area (Å²) in [7, 11) is 1.26. The van der Waals surface area contributed by atoms with Gasteiger partial charge in [-0.05, 0) is 42.3 Å². The maximum Gasteiger partial charge on any atom is 0.339 e. The van der Waals surface area contributed by atoms with Crippen LogP contribution in [0, 0.1) is 0 Å². The molecule has 0 aliphatic carbocycles. The molecule has 0 saturated heterocycles. The highest BCUT2D eigenvalue weighted by molar-refractivity contribution is 6.36. The van der Waals surface area contributed by atoms with Crippen LogP contribution in [-0.2, 0) is 16.0 Å². The molecular weight excluding hydrogens is 373 g/mol. The Labute approximate surface area is 154 Å². The maximum absolute atomic E-state index is 12.1. The van der Waals surface area contributed by atoms with Crippen LogP contribution in [0.3, 0.4) is 0 Å². The van der Waals surface area contributed by atoms with Crippen molar-refractivity contribution in [3.63, 3.8) is 0 Å². The van der Waals surface area contributed by atoms with Crippen LogP contribution >= 0.6 is 34.8 Å². The highest BCUT2D eigenvalue weighted by atomic mass is 35.5. The van der Waals surface area contributed by atoms with E-state index < -0.39 is 5.97 Å². The van der Waals surface area contributed by atoms with Gasteiger partial charge in [0.25, 0.3) is 0 Å². The van der Waals surface area contributed by atoms with E-state index in [1.165, 1.54) is 19.2 Å². The van der Waals surface area contributed by atoms with Crippen molar-refractivity contribution in [1.82, 2.24) is 0 Å². The average Bonchev–Trinajstić information content (AvgIpc) is 2.55. The van der Waals surface area contributed by atoms with E-state index in [4.69, 9.17) is 34.8 Å². The van der Waals surface area contributed by atoms with Gasteiger partial charge in [0, 0.05) is 22.2 Å². The SMILES string of the molecule is COC(=O)c1cc(NC(=O)CCc2c(Cl)cccc2Cl)ccc1Cl. The molecule has 24 heavy (non-hydrogen) atoms. The van der Waals surface area contributed by atoms with Gasteiger partial charge in [-0.25, -0.2) is 4.79 Å². The van der Waals surface area contributed by atoms with Crippen molar-refractivity contribution >= 4 is 52.4 Å². The Morgan fingerprint density at radius 1 is 1.04 bits per heavy atom. The Kier molecular flexibility index (Phi) is 6.49. The number of amides is 1.